The molecule has 0 atom stereocenters. The van der Waals surface area contributed by atoms with Gasteiger partial charge in [0, 0.05) is 6.42 Å². The molecule has 0 aromatic carbocycles. The first-order valence-corrected chi connectivity index (χ1v) is 5.56. The van der Waals surface area contributed by atoms with Gasteiger partial charge in [-0.3, -0.25) is 4.79 Å². The highest BCUT2D eigenvalue weighted by molar-refractivity contribution is 8.59. The van der Waals surface area contributed by atoms with Crippen LogP contribution in [0.2, 0.25) is 0 Å². The highest BCUT2D eigenvalue weighted by atomic mass is 33.1. The summed E-state index contributed by atoms with van der Waals surface area (Å²) in [5.74, 6) is -0.710. The lowest BCUT2D eigenvalue weighted by Crippen LogP contribution is -1.92. The van der Waals surface area contributed by atoms with Gasteiger partial charge >= 0.3 is 5.97 Å². The molecule has 0 saturated carbocycles. The molecule has 0 fully saturated rings. The van der Waals surface area contributed by atoms with Crippen molar-refractivity contribution in [2.45, 2.75) is 25.7 Å². The summed E-state index contributed by atoms with van der Waals surface area (Å²) in [6, 6.07) is 0. The second-order valence-electron chi connectivity index (χ2n) is 2.30. The minimum absolute atomic E-state index is 0.280. The molecule has 0 rings (SSSR count). The molecule has 0 spiro atoms. The summed E-state index contributed by atoms with van der Waals surface area (Å²) in [7, 11) is 0. The standard InChI is InChI=1S/C9H14O2.H2S2/c1-2-3-4-5-6-7-8-9(10)11;1-2/h2-4H,1,5-8H2,(H,10,11);1-2H/b4-3-;. The van der Waals surface area contributed by atoms with Crippen molar-refractivity contribution in [1.29, 1.82) is 0 Å². The summed E-state index contributed by atoms with van der Waals surface area (Å²) in [5, 5.41) is 8.28. The highest BCUT2D eigenvalue weighted by Crippen LogP contribution is 2.00. The fraction of sp³-hybridized carbons (Fsp3) is 0.444. The molecule has 0 aliphatic heterocycles. The molecule has 0 bridgehead atoms. The Morgan fingerprint density at radius 3 is 2.46 bits per heavy atom. The fourth-order valence-electron chi connectivity index (χ4n) is 0.731. The quantitative estimate of drug-likeness (QED) is 0.278. The van der Waals surface area contributed by atoms with E-state index in [9.17, 15) is 4.79 Å². The van der Waals surface area contributed by atoms with Gasteiger partial charge in [-0.25, -0.2) is 0 Å². The van der Waals surface area contributed by atoms with Gasteiger partial charge in [0.2, 0.25) is 0 Å². The maximum absolute atomic E-state index is 10.1. The summed E-state index contributed by atoms with van der Waals surface area (Å²) >= 11 is 6.44. The molecule has 13 heavy (non-hydrogen) atoms. The first-order chi connectivity index (χ1) is 6.27. The number of aliphatic carboxylic acids is 1. The van der Waals surface area contributed by atoms with Crippen LogP contribution in [0.15, 0.2) is 24.8 Å². The lowest BCUT2D eigenvalue weighted by Gasteiger charge is -1.91. The van der Waals surface area contributed by atoms with Gasteiger partial charge in [-0.15, -0.1) is 23.3 Å². The summed E-state index contributed by atoms with van der Waals surface area (Å²) in [6.45, 7) is 3.53. The van der Waals surface area contributed by atoms with Crippen molar-refractivity contribution in [2.75, 3.05) is 0 Å². The number of carbonyl (C=O) groups is 1. The van der Waals surface area contributed by atoms with Crippen LogP contribution in [0.25, 0.3) is 0 Å². The third-order valence-electron chi connectivity index (χ3n) is 1.28. The van der Waals surface area contributed by atoms with Crippen LogP contribution in [-0.4, -0.2) is 11.1 Å². The molecular weight excluding hydrogens is 204 g/mol. The molecule has 0 heterocycles. The van der Waals surface area contributed by atoms with E-state index in [0.29, 0.717) is 0 Å². The number of carboxylic acid groups (broad SMARTS) is 1. The first-order valence-electron chi connectivity index (χ1n) is 3.96. The molecule has 0 radical (unpaired) electrons. The van der Waals surface area contributed by atoms with E-state index < -0.39 is 5.97 Å². The number of rotatable bonds is 6. The van der Waals surface area contributed by atoms with E-state index in [1.54, 1.807) is 6.08 Å². The van der Waals surface area contributed by atoms with E-state index in [2.05, 4.69) is 29.9 Å². The van der Waals surface area contributed by atoms with Crippen LogP contribution in [0.4, 0.5) is 0 Å². The molecule has 1 N–H and O–H groups in total. The Balaban J connectivity index is 0. The van der Waals surface area contributed by atoms with E-state index in [1.165, 1.54) is 0 Å². The maximum Gasteiger partial charge on any atom is 0.303 e. The van der Waals surface area contributed by atoms with Crippen LogP contribution >= 0.6 is 23.3 Å². The van der Waals surface area contributed by atoms with E-state index in [-0.39, 0.29) is 6.42 Å². The summed E-state index contributed by atoms with van der Waals surface area (Å²) < 4.78 is 0. The van der Waals surface area contributed by atoms with Gasteiger partial charge in [0.15, 0.2) is 0 Å². The van der Waals surface area contributed by atoms with Crippen molar-refractivity contribution in [3.05, 3.63) is 24.8 Å². The third kappa shape index (κ3) is 18.5. The van der Waals surface area contributed by atoms with Gasteiger partial charge in [0.25, 0.3) is 0 Å². The van der Waals surface area contributed by atoms with Crippen LogP contribution < -0.4 is 0 Å². The van der Waals surface area contributed by atoms with Crippen molar-refractivity contribution >= 4 is 29.3 Å². The second-order valence-corrected chi connectivity index (χ2v) is 2.30. The van der Waals surface area contributed by atoms with Crippen molar-refractivity contribution in [3.8, 4) is 0 Å². The topological polar surface area (TPSA) is 37.3 Å². The Bertz CT molecular complexity index is 156. The number of hydrogen-bond donors (Lipinski definition) is 3. The van der Waals surface area contributed by atoms with Crippen molar-refractivity contribution in [1.82, 2.24) is 0 Å². The smallest absolute Gasteiger partial charge is 0.303 e. The number of carboxylic acids is 1. The Labute approximate surface area is 90.0 Å². The molecule has 0 aromatic rings. The van der Waals surface area contributed by atoms with Crippen LogP contribution in [0.5, 0.6) is 0 Å². The van der Waals surface area contributed by atoms with Gasteiger partial charge in [-0.05, 0) is 19.3 Å². The predicted molar refractivity (Wildman–Crippen MR) is 63.4 cm³/mol. The van der Waals surface area contributed by atoms with Gasteiger partial charge in [-0.1, -0.05) is 24.8 Å². The average molecular weight is 220 g/mol. The first kappa shape index (κ1) is 15.1. The summed E-state index contributed by atoms with van der Waals surface area (Å²) in [4.78, 5) is 10.1. The van der Waals surface area contributed by atoms with Crippen LogP contribution in [0.1, 0.15) is 25.7 Å². The van der Waals surface area contributed by atoms with E-state index >= 15 is 0 Å². The van der Waals surface area contributed by atoms with Gasteiger partial charge in [-0.2, -0.15) is 0 Å². The van der Waals surface area contributed by atoms with Crippen molar-refractivity contribution in [2.24, 2.45) is 0 Å². The minimum Gasteiger partial charge on any atom is -0.481 e. The minimum atomic E-state index is -0.710. The lowest BCUT2D eigenvalue weighted by atomic mass is 10.2. The largest absolute Gasteiger partial charge is 0.481 e. The molecule has 0 saturated heterocycles. The van der Waals surface area contributed by atoms with Crippen LogP contribution in [0, 0.1) is 0 Å². The zero-order chi connectivity index (χ0) is 10.5. The number of hydrogen-bond acceptors (Lipinski definition) is 3. The maximum atomic E-state index is 10.1. The Morgan fingerprint density at radius 1 is 1.38 bits per heavy atom. The average Bonchev–Trinajstić information content (AvgIpc) is 2.14. The van der Waals surface area contributed by atoms with E-state index in [4.69, 9.17) is 5.11 Å². The third-order valence-corrected chi connectivity index (χ3v) is 1.28. The molecule has 4 heteroatoms. The fourth-order valence-corrected chi connectivity index (χ4v) is 0.731. The van der Waals surface area contributed by atoms with Gasteiger partial charge in [0.1, 0.15) is 0 Å². The number of thiol groups is 2. The Hall–Kier alpha value is -0.350. The molecule has 0 aromatic heterocycles. The molecular formula is C9H16O2S2. The van der Waals surface area contributed by atoms with Crippen LogP contribution in [0.3, 0.4) is 0 Å². The molecule has 0 aliphatic carbocycles. The summed E-state index contributed by atoms with van der Waals surface area (Å²) in [6.07, 6.45) is 8.52. The normalized spacial score (nSPS) is 9.08. The molecule has 76 valence electrons. The van der Waals surface area contributed by atoms with E-state index in [1.807, 2.05) is 12.2 Å². The molecule has 2 nitrogen and oxygen atoms in total. The monoisotopic (exact) mass is 220 g/mol. The van der Waals surface area contributed by atoms with Crippen molar-refractivity contribution in [3.63, 3.8) is 0 Å². The zero-order valence-corrected chi connectivity index (χ0v) is 9.31. The Kier molecular flexibility index (Phi) is 16.5. The molecule has 0 amide bonds. The lowest BCUT2D eigenvalue weighted by molar-refractivity contribution is -0.137. The van der Waals surface area contributed by atoms with Crippen molar-refractivity contribution < 1.29 is 9.90 Å². The Morgan fingerprint density at radius 2 is 2.00 bits per heavy atom. The predicted octanol–water partition coefficient (Wildman–Crippen LogP) is 3.13. The number of allylic oxidation sites excluding steroid dienone is 3. The van der Waals surface area contributed by atoms with Crippen LogP contribution in [-0.2, 0) is 4.79 Å². The highest BCUT2D eigenvalue weighted by Gasteiger charge is 1.93. The number of unbranched alkanes of at least 4 members (excludes halogenated alkanes) is 2. The summed E-state index contributed by atoms with van der Waals surface area (Å²) in [5.41, 5.74) is 0. The molecule has 0 unspecified atom stereocenters. The van der Waals surface area contributed by atoms with Gasteiger partial charge < -0.3 is 5.11 Å². The molecule has 0 aliphatic rings. The van der Waals surface area contributed by atoms with Gasteiger partial charge in [0.05, 0.1) is 0 Å². The zero-order valence-electron chi connectivity index (χ0n) is 7.52. The van der Waals surface area contributed by atoms with E-state index in [0.717, 1.165) is 19.3 Å². The SMILES string of the molecule is C=C/C=C\CCCCC(=O)O.SS. The second kappa shape index (κ2) is 14.2.